The van der Waals surface area contributed by atoms with Crippen LogP contribution in [0.3, 0.4) is 0 Å². The van der Waals surface area contributed by atoms with Gasteiger partial charge < -0.3 is 0 Å². The van der Waals surface area contributed by atoms with E-state index in [0.29, 0.717) is 0 Å². The Kier molecular flexibility index (Phi) is 2.90. The third kappa shape index (κ3) is 1.99. The first-order valence-electron chi connectivity index (χ1n) is 5.42. The van der Waals surface area contributed by atoms with E-state index in [1.54, 1.807) is 22.7 Å². The van der Waals surface area contributed by atoms with E-state index in [-0.39, 0.29) is 0 Å². The van der Waals surface area contributed by atoms with Crippen molar-refractivity contribution in [3.05, 3.63) is 40.2 Å². The van der Waals surface area contributed by atoms with Crippen LogP contribution in [0, 0.1) is 0 Å². The predicted molar refractivity (Wildman–Crippen MR) is 77.3 cm³/mol. The molecule has 0 amide bonds. The first-order valence-corrected chi connectivity index (χ1v) is 7.43. The van der Waals surface area contributed by atoms with E-state index in [0.717, 1.165) is 21.3 Å². The molecule has 2 heterocycles. The van der Waals surface area contributed by atoms with Crippen molar-refractivity contribution >= 4 is 44.5 Å². The van der Waals surface area contributed by atoms with E-state index in [2.05, 4.69) is 24.0 Å². The van der Waals surface area contributed by atoms with E-state index in [1.807, 2.05) is 18.2 Å². The zero-order valence-electron chi connectivity index (χ0n) is 9.24. The Hall–Kier alpha value is -0.900. The Balaban J connectivity index is 2.19. The summed E-state index contributed by atoms with van der Waals surface area (Å²) < 4.78 is 2.07. The van der Waals surface area contributed by atoms with Crippen molar-refractivity contribution < 1.29 is 0 Å². The van der Waals surface area contributed by atoms with Gasteiger partial charge in [0.2, 0.25) is 0 Å². The molecule has 4 heteroatoms. The van der Waals surface area contributed by atoms with Crippen molar-refractivity contribution in [3.63, 3.8) is 0 Å². The number of hydrogen-bond donors (Lipinski definition) is 0. The third-order valence-corrected chi connectivity index (χ3v) is 5.14. The predicted octanol–water partition coefficient (Wildman–Crippen LogP) is 5.24. The fourth-order valence-electron chi connectivity index (χ4n) is 1.81. The van der Waals surface area contributed by atoms with Crippen molar-refractivity contribution in [2.24, 2.45) is 0 Å². The topological polar surface area (TPSA) is 12.9 Å². The maximum atomic E-state index is 6.09. The Labute approximate surface area is 113 Å². The lowest BCUT2D eigenvalue weighted by molar-refractivity contribution is 1.16. The van der Waals surface area contributed by atoms with E-state index >= 15 is 0 Å². The second-order valence-corrected chi connectivity index (χ2v) is 6.46. The summed E-state index contributed by atoms with van der Waals surface area (Å²) in [6.07, 6.45) is 0.995. The molecular formula is C13H10ClNS2. The van der Waals surface area contributed by atoms with Crippen molar-refractivity contribution in [2.75, 3.05) is 0 Å². The zero-order valence-corrected chi connectivity index (χ0v) is 11.6. The maximum Gasteiger partial charge on any atom is 0.134 e. The highest BCUT2D eigenvalue weighted by molar-refractivity contribution is 7.26. The molecule has 86 valence electrons. The third-order valence-electron chi connectivity index (χ3n) is 2.65. The normalized spacial score (nSPS) is 11.2. The summed E-state index contributed by atoms with van der Waals surface area (Å²) in [6, 6.07) is 10.3. The molecule has 2 aromatic heterocycles. The number of para-hydroxylation sites is 1. The second-order valence-electron chi connectivity index (χ2n) is 3.75. The van der Waals surface area contributed by atoms with Crippen molar-refractivity contribution in [2.45, 2.75) is 13.3 Å². The highest BCUT2D eigenvalue weighted by Gasteiger charge is 2.13. The Bertz CT molecular complexity index is 636. The van der Waals surface area contributed by atoms with Gasteiger partial charge in [-0.05, 0) is 30.2 Å². The number of aryl methyl sites for hydroxylation is 1. The van der Waals surface area contributed by atoms with Crippen LogP contribution in [0.25, 0.3) is 20.1 Å². The molecule has 0 saturated carbocycles. The van der Waals surface area contributed by atoms with Crippen LogP contribution < -0.4 is 0 Å². The number of nitrogens with zero attached hydrogens (tertiary/aromatic N) is 1. The van der Waals surface area contributed by atoms with Crippen LogP contribution in [0.2, 0.25) is 4.34 Å². The van der Waals surface area contributed by atoms with Gasteiger partial charge >= 0.3 is 0 Å². The lowest BCUT2D eigenvalue weighted by Gasteiger charge is -1.94. The van der Waals surface area contributed by atoms with Gasteiger partial charge in [-0.1, -0.05) is 30.7 Å². The van der Waals surface area contributed by atoms with Crippen LogP contribution in [-0.2, 0) is 6.42 Å². The van der Waals surface area contributed by atoms with E-state index in [4.69, 9.17) is 11.6 Å². The van der Waals surface area contributed by atoms with Gasteiger partial charge in [0, 0.05) is 0 Å². The second kappa shape index (κ2) is 4.41. The summed E-state index contributed by atoms with van der Waals surface area (Å²) in [5.41, 5.74) is 2.36. The maximum absolute atomic E-state index is 6.09. The van der Waals surface area contributed by atoms with Gasteiger partial charge in [-0.3, -0.25) is 0 Å². The van der Waals surface area contributed by atoms with Gasteiger partial charge in [0.1, 0.15) is 5.01 Å². The number of fused-ring (bicyclic) bond motifs is 1. The van der Waals surface area contributed by atoms with Gasteiger partial charge in [0.15, 0.2) is 0 Å². The smallest absolute Gasteiger partial charge is 0.134 e. The van der Waals surface area contributed by atoms with Gasteiger partial charge in [-0.2, -0.15) is 0 Å². The SMILES string of the molecule is CCc1cc(Cl)sc1-c1nc2ccccc2s1. The molecule has 0 aliphatic heterocycles. The first kappa shape index (κ1) is 11.2. The highest BCUT2D eigenvalue weighted by atomic mass is 35.5. The van der Waals surface area contributed by atoms with Crippen molar-refractivity contribution in [1.29, 1.82) is 0 Å². The van der Waals surface area contributed by atoms with E-state index in [9.17, 15) is 0 Å². The molecular weight excluding hydrogens is 270 g/mol. The molecule has 0 bridgehead atoms. The molecule has 0 saturated heterocycles. The zero-order chi connectivity index (χ0) is 11.8. The van der Waals surface area contributed by atoms with Gasteiger partial charge in [0.25, 0.3) is 0 Å². The molecule has 0 atom stereocenters. The summed E-state index contributed by atoms with van der Waals surface area (Å²) in [6.45, 7) is 2.15. The minimum atomic E-state index is 0.844. The summed E-state index contributed by atoms with van der Waals surface area (Å²) in [4.78, 5) is 5.90. The number of benzene rings is 1. The van der Waals surface area contributed by atoms with Crippen LogP contribution in [0.4, 0.5) is 0 Å². The van der Waals surface area contributed by atoms with E-state index < -0.39 is 0 Å². The number of aromatic nitrogens is 1. The van der Waals surface area contributed by atoms with Crippen molar-refractivity contribution in [1.82, 2.24) is 4.98 Å². The average molecular weight is 280 g/mol. The molecule has 3 rings (SSSR count). The van der Waals surface area contributed by atoms with Gasteiger partial charge in [-0.15, -0.1) is 22.7 Å². The molecule has 0 aliphatic rings. The average Bonchev–Trinajstić information content (AvgIpc) is 2.91. The Morgan fingerprint density at radius 2 is 2.06 bits per heavy atom. The van der Waals surface area contributed by atoms with E-state index in [1.165, 1.54) is 15.1 Å². The van der Waals surface area contributed by atoms with Crippen LogP contribution in [0.15, 0.2) is 30.3 Å². The summed E-state index contributed by atoms with van der Waals surface area (Å²) in [7, 11) is 0. The molecule has 17 heavy (non-hydrogen) atoms. The molecule has 0 unspecified atom stereocenters. The fraction of sp³-hybridized carbons (Fsp3) is 0.154. The largest absolute Gasteiger partial charge is 0.235 e. The molecule has 1 aromatic carbocycles. The number of hydrogen-bond acceptors (Lipinski definition) is 3. The van der Waals surface area contributed by atoms with Gasteiger partial charge in [-0.25, -0.2) is 4.98 Å². The van der Waals surface area contributed by atoms with Crippen molar-refractivity contribution in [3.8, 4) is 9.88 Å². The minimum absolute atomic E-state index is 0.844. The summed E-state index contributed by atoms with van der Waals surface area (Å²) in [5, 5.41) is 1.08. The van der Waals surface area contributed by atoms with Crippen LogP contribution in [0.1, 0.15) is 12.5 Å². The minimum Gasteiger partial charge on any atom is -0.235 e. The van der Waals surface area contributed by atoms with Crippen LogP contribution in [-0.4, -0.2) is 4.98 Å². The van der Waals surface area contributed by atoms with Crippen LogP contribution in [0.5, 0.6) is 0 Å². The van der Waals surface area contributed by atoms with Crippen LogP contribution >= 0.6 is 34.3 Å². The summed E-state index contributed by atoms with van der Waals surface area (Å²) >= 11 is 9.44. The molecule has 0 radical (unpaired) electrons. The fourth-order valence-corrected chi connectivity index (χ4v) is 4.23. The monoisotopic (exact) mass is 279 g/mol. The Morgan fingerprint density at radius 1 is 1.24 bits per heavy atom. The lowest BCUT2D eigenvalue weighted by Crippen LogP contribution is -1.78. The quantitative estimate of drug-likeness (QED) is 0.625. The number of thiazole rings is 1. The molecule has 0 aliphatic carbocycles. The standard InChI is InChI=1S/C13H10ClNS2/c1-2-8-7-11(14)17-12(8)13-15-9-5-3-4-6-10(9)16-13/h3-7H,2H2,1H3. The number of thiophene rings is 1. The molecule has 1 nitrogen and oxygen atoms in total. The number of halogens is 1. The number of rotatable bonds is 2. The Morgan fingerprint density at radius 3 is 2.82 bits per heavy atom. The summed E-state index contributed by atoms with van der Waals surface area (Å²) in [5.74, 6) is 0. The molecule has 0 spiro atoms. The van der Waals surface area contributed by atoms with Gasteiger partial charge in [0.05, 0.1) is 19.4 Å². The molecule has 0 fully saturated rings. The molecule has 3 aromatic rings. The molecule has 0 N–H and O–H groups in total. The first-order chi connectivity index (χ1) is 8.28. The lowest BCUT2D eigenvalue weighted by atomic mass is 10.2. The highest BCUT2D eigenvalue weighted by Crippen LogP contribution is 2.39.